The molecular weight excluding hydrogens is 188 g/mol. The van der Waals surface area contributed by atoms with Crippen molar-refractivity contribution in [2.75, 3.05) is 5.32 Å². The van der Waals surface area contributed by atoms with Crippen molar-refractivity contribution in [3.05, 3.63) is 29.8 Å². The van der Waals surface area contributed by atoms with E-state index in [0.29, 0.717) is 5.56 Å². The zero-order valence-corrected chi connectivity index (χ0v) is 7.42. The summed E-state index contributed by atoms with van der Waals surface area (Å²) in [5.41, 5.74) is 6.64. The summed E-state index contributed by atoms with van der Waals surface area (Å²) in [6.07, 6.45) is 0. The van der Waals surface area contributed by atoms with Gasteiger partial charge < -0.3 is 11.1 Å². The predicted molar refractivity (Wildman–Crippen MR) is 52.3 cm³/mol. The van der Waals surface area contributed by atoms with Crippen LogP contribution in [0.5, 0.6) is 0 Å². The van der Waals surface area contributed by atoms with Crippen molar-refractivity contribution in [1.29, 1.82) is 5.26 Å². The molecule has 0 bridgehead atoms. The Morgan fingerprint density at radius 1 is 1.46 bits per heavy atom. The van der Waals surface area contributed by atoms with E-state index in [1.54, 1.807) is 24.3 Å². The quantitative estimate of drug-likeness (QED) is 0.525. The number of nitrogens with one attached hydrogen (secondary N) is 1. The molecule has 0 aliphatic heterocycles. The van der Waals surface area contributed by atoms with Crippen LogP contribution in [0.2, 0.25) is 0 Å². The number of guanidine groups is 1. The van der Waals surface area contributed by atoms with E-state index in [9.17, 15) is 0 Å². The lowest BCUT2D eigenvalue weighted by atomic mass is 10.2. The van der Waals surface area contributed by atoms with Crippen LogP contribution in [0.4, 0.5) is 5.69 Å². The van der Waals surface area contributed by atoms with Gasteiger partial charge in [-0.05, 0) is 24.3 Å². The maximum atomic E-state index is 8.52. The van der Waals surface area contributed by atoms with Gasteiger partial charge in [-0.25, -0.2) is 0 Å². The Bertz CT molecular complexity index is 349. The molecule has 0 unspecified atom stereocenters. The minimum atomic E-state index is 0.117. The first kappa shape index (κ1) is 9.36. The van der Waals surface area contributed by atoms with Crippen molar-refractivity contribution in [3.63, 3.8) is 0 Å². The third kappa shape index (κ3) is 2.65. The Morgan fingerprint density at radius 3 is 2.54 bits per heavy atom. The Morgan fingerprint density at radius 2 is 2.08 bits per heavy atom. The molecule has 0 radical (unpaired) electrons. The van der Waals surface area contributed by atoms with Crippen molar-refractivity contribution < 1.29 is 0 Å². The first-order valence-electron chi connectivity index (χ1n) is 3.48. The lowest BCUT2D eigenvalue weighted by Gasteiger charge is -2.02. The third-order valence-electron chi connectivity index (χ3n) is 1.38. The van der Waals surface area contributed by atoms with E-state index in [1.807, 2.05) is 6.07 Å². The molecule has 0 aliphatic carbocycles. The highest BCUT2D eigenvalue weighted by molar-refractivity contribution is 6.20. The van der Waals surface area contributed by atoms with Crippen LogP contribution >= 0.6 is 11.8 Å². The number of rotatable bonds is 1. The fourth-order valence-electron chi connectivity index (χ4n) is 0.797. The summed E-state index contributed by atoms with van der Waals surface area (Å²) in [6, 6.07) is 8.78. The summed E-state index contributed by atoms with van der Waals surface area (Å²) in [5, 5.41) is 11.2. The van der Waals surface area contributed by atoms with Crippen LogP contribution in [0.3, 0.4) is 0 Å². The highest BCUT2D eigenvalue weighted by Gasteiger charge is 1.94. The minimum absolute atomic E-state index is 0.117. The molecule has 0 fully saturated rings. The third-order valence-corrected chi connectivity index (χ3v) is 1.56. The van der Waals surface area contributed by atoms with Gasteiger partial charge in [0.2, 0.25) is 5.96 Å². The number of hydrogen-bond donors (Lipinski definition) is 2. The van der Waals surface area contributed by atoms with E-state index in [0.717, 1.165) is 5.69 Å². The van der Waals surface area contributed by atoms with Crippen molar-refractivity contribution >= 4 is 23.4 Å². The molecular formula is C8H7ClN4. The molecule has 0 heterocycles. The highest BCUT2D eigenvalue weighted by atomic mass is 35.5. The van der Waals surface area contributed by atoms with Crippen LogP contribution in [0.25, 0.3) is 0 Å². The Labute approximate surface area is 80.8 Å². The van der Waals surface area contributed by atoms with Crippen LogP contribution in [-0.2, 0) is 0 Å². The van der Waals surface area contributed by atoms with E-state index < -0.39 is 0 Å². The standard InChI is InChI=1S/C8H7ClN4/c9-13-8(11)12-7-3-1-6(5-10)2-4-7/h1-4H,(H3,11,12,13). The van der Waals surface area contributed by atoms with Crippen LogP contribution in [0, 0.1) is 11.3 Å². The van der Waals surface area contributed by atoms with Gasteiger partial charge in [-0.2, -0.15) is 5.26 Å². The van der Waals surface area contributed by atoms with Crippen molar-refractivity contribution in [3.8, 4) is 6.07 Å². The van der Waals surface area contributed by atoms with Gasteiger partial charge in [0.25, 0.3) is 0 Å². The maximum absolute atomic E-state index is 8.52. The molecule has 0 amide bonds. The van der Waals surface area contributed by atoms with E-state index in [4.69, 9.17) is 22.8 Å². The normalized spacial score (nSPS) is 10.6. The SMILES string of the molecule is N#Cc1ccc(NC(N)=NCl)cc1. The fraction of sp³-hybridized carbons (Fsp3) is 0. The van der Waals surface area contributed by atoms with Gasteiger partial charge in [0.05, 0.1) is 11.6 Å². The molecule has 0 saturated heterocycles. The average molecular weight is 195 g/mol. The summed E-state index contributed by atoms with van der Waals surface area (Å²) < 4.78 is 3.22. The van der Waals surface area contributed by atoms with Crippen molar-refractivity contribution in [1.82, 2.24) is 0 Å². The van der Waals surface area contributed by atoms with Gasteiger partial charge in [-0.3, -0.25) is 0 Å². The minimum Gasteiger partial charge on any atom is -0.369 e. The molecule has 0 spiro atoms. The lowest BCUT2D eigenvalue weighted by Crippen LogP contribution is -2.21. The summed E-state index contributed by atoms with van der Waals surface area (Å²) >= 11 is 5.11. The maximum Gasteiger partial charge on any atom is 0.210 e. The molecule has 1 rings (SSSR count). The van der Waals surface area contributed by atoms with Gasteiger partial charge in [-0.15, -0.1) is 4.51 Å². The Balaban J connectivity index is 2.77. The molecule has 1 aromatic carbocycles. The van der Waals surface area contributed by atoms with Crippen LogP contribution in [0.15, 0.2) is 28.8 Å². The summed E-state index contributed by atoms with van der Waals surface area (Å²) in [4.78, 5) is 0. The zero-order chi connectivity index (χ0) is 9.68. The number of anilines is 1. The second-order valence-corrected chi connectivity index (χ2v) is 2.45. The van der Waals surface area contributed by atoms with Crippen LogP contribution < -0.4 is 11.1 Å². The van der Waals surface area contributed by atoms with E-state index in [1.165, 1.54) is 0 Å². The molecule has 3 N–H and O–H groups in total. The molecule has 4 nitrogen and oxygen atoms in total. The molecule has 66 valence electrons. The van der Waals surface area contributed by atoms with Gasteiger partial charge in [0, 0.05) is 17.5 Å². The molecule has 13 heavy (non-hydrogen) atoms. The second kappa shape index (κ2) is 4.33. The largest absolute Gasteiger partial charge is 0.369 e. The number of nitriles is 1. The smallest absolute Gasteiger partial charge is 0.210 e. The van der Waals surface area contributed by atoms with E-state index in [-0.39, 0.29) is 5.96 Å². The molecule has 1 aromatic rings. The zero-order valence-electron chi connectivity index (χ0n) is 6.66. The molecule has 5 heteroatoms. The topological polar surface area (TPSA) is 74.2 Å². The van der Waals surface area contributed by atoms with E-state index >= 15 is 0 Å². The number of hydrogen-bond acceptors (Lipinski definition) is 2. The summed E-state index contributed by atoms with van der Waals surface area (Å²) in [5.74, 6) is 0.117. The van der Waals surface area contributed by atoms with Gasteiger partial charge >= 0.3 is 0 Å². The van der Waals surface area contributed by atoms with Crippen molar-refractivity contribution in [2.45, 2.75) is 0 Å². The molecule has 0 atom stereocenters. The summed E-state index contributed by atoms with van der Waals surface area (Å²) in [7, 11) is 0. The monoisotopic (exact) mass is 194 g/mol. The number of nitrogens with zero attached hydrogens (tertiary/aromatic N) is 2. The first-order chi connectivity index (χ1) is 6.26. The Kier molecular flexibility index (Phi) is 3.12. The molecule has 0 aromatic heterocycles. The van der Waals surface area contributed by atoms with Gasteiger partial charge in [-0.1, -0.05) is 0 Å². The van der Waals surface area contributed by atoms with Gasteiger partial charge in [0.1, 0.15) is 0 Å². The van der Waals surface area contributed by atoms with Crippen LogP contribution in [-0.4, -0.2) is 5.96 Å². The molecule has 0 saturated carbocycles. The van der Waals surface area contributed by atoms with Crippen LogP contribution in [0.1, 0.15) is 5.56 Å². The highest BCUT2D eigenvalue weighted by Crippen LogP contribution is 2.07. The fourth-order valence-corrected chi connectivity index (χ4v) is 0.839. The number of benzene rings is 1. The average Bonchev–Trinajstić information content (AvgIpc) is 2.19. The lowest BCUT2D eigenvalue weighted by molar-refractivity contribution is 1.47. The Hall–Kier alpha value is -1.73. The first-order valence-corrected chi connectivity index (χ1v) is 3.81. The predicted octanol–water partition coefficient (Wildman–Crippen LogP) is 1.44. The summed E-state index contributed by atoms with van der Waals surface area (Å²) in [6.45, 7) is 0. The second-order valence-electron chi connectivity index (χ2n) is 2.28. The molecule has 0 aliphatic rings. The number of nitrogens with two attached hydrogens (primary N) is 1. The van der Waals surface area contributed by atoms with E-state index in [2.05, 4.69) is 9.83 Å². The van der Waals surface area contributed by atoms with Crippen molar-refractivity contribution in [2.24, 2.45) is 10.2 Å². The van der Waals surface area contributed by atoms with Gasteiger partial charge in [0.15, 0.2) is 0 Å². The number of halogens is 1.